The van der Waals surface area contributed by atoms with Crippen LogP contribution >= 0.6 is 11.3 Å². The minimum absolute atomic E-state index is 0.178. The first-order valence-electron chi connectivity index (χ1n) is 9.84. The molecule has 2 aromatic heterocycles. The van der Waals surface area contributed by atoms with Gasteiger partial charge in [0.25, 0.3) is 5.91 Å². The lowest BCUT2D eigenvalue weighted by atomic mass is 9.93. The second-order valence-corrected chi connectivity index (χ2v) is 8.80. The minimum Gasteiger partial charge on any atom is -0.386 e. The first-order chi connectivity index (χ1) is 12.7. The van der Waals surface area contributed by atoms with Gasteiger partial charge in [-0.25, -0.2) is 0 Å². The van der Waals surface area contributed by atoms with Gasteiger partial charge in [-0.2, -0.15) is 5.10 Å². The zero-order valence-corrected chi connectivity index (χ0v) is 15.8. The molecule has 1 fully saturated rings. The molecule has 1 atom stereocenters. The molecule has 1 N–H and O–H groups in total. The maximum atomic E-state index is 13.2. The summed E-state index contributed by atoms with van der Waals surface area (Å²) in [5.41, 5.74) is 4.52. The molecule has 2 aliphatic carbocycles. The van der Waals surface area contributed by atoms with Gasteiger partial charge >= 0.3 is 0 Å². The summed E-state index contributed by atoms with van der Waals surface area (Å²) in [4.78, 5) is 16.1. The van der Waals surface area contributed by atoms with Crippen LogP contribution in [0.4, 0.5) is 0 Å². The van der Waals surface area contributed by atoms with Crippen LogP contribution in [-0.2, 0) is 25.9 Å². The Kier molecular flexibility index (Phi) is 4.13. The van der Waals surface area contributed by atoms with Crippen molar-refractivity contribution < 1.29 is 9.90 Å². The molecule has 0 aromatic carbocycles. The predicted octanol–water partition coefficient (Wildman–Crippen LogP) is 3.31. The third kappa shape index (κ3) is 2.89. The third-order valence-electron chi connectivity index (χ3n) is 5.99. The van der Waals surface area contributed by atoms with Crippen LogP contribution in [0.25, 0.3) is 0 Å². The third-order valence-corrected chi connectivity index (χ3v) is 7.05. The fourth-order valence-electron chi connectivity index (χ4n) is 4.30. The number of carbonyl (C=O) groups is 1. The molecule has 138 valence electrons. The summed E-state index contributed by atoms with van der Waals surface area (Å²) in [6, 6.07) is 2.01. The second kappa shape index (κ2) is 6.50. The van der Waals surface area contributed by atoms with E-state index in [1.165, 1.54) is 24.0 Å². The normalized spacial score (nSPS) is 21.0. The van der Waals surface area contributed by atoms with E-state index in [1.807, 2.05) is 15.6 Å². The van der Waals surface area contributed by atoms with Gasteiger partial charge in [-0.15, -0.1) is 11.3 Å². The summed E-state index contributed by atoms with van der Waals surface area (Å²) in [6.07, 6.45) is 7.26. The topological polar surface area (TPSA) is 58.4 Å². The smallest absolute Gasteiger partial charge is 0.264 e. The number of fused-ring (bicyclic) bond motifs is 2. The standard InChI is InChI=1S/C20H25N3O2S/c24-18(13-6-7-13)17-10-15-11-22(8-3-9-23(15)21-17)20(25)19-16-5-2-1-4-14(16)12-26-19/h10,12-13,18,24H,1-9,11H2/t18-/m0/s1. The van der Waals surface area contributed by atoms with Gasteiger partial charge in [-0.05, 0) is 73.4 Å². The number of thiophene rings is 1. The Morgan fingerprint density at radius 3 is 2.92 bits per heavy atom. The number of amides is 1. The molecule has 2 aromatic rings. The molecule has 5 rings (SSSR count). The highest BCUT2D eigenvalue weighted by molar-refractivity contribution is 7.12. The lowest BCUT2D eigenvalue weighted by molar-refractivity contribution is 0.0749. The quantitative estimate of drug-likeness (QED) is 0.900. The molecule has 0 bridgehead atoms. The zero-order valence-electron chi connectivity index (χ0n) is 15.0. The second-order valence-electron chi connectivity index (χ2n) is 7.92. The highest BCUT2D eigenvalue weighted by Crippen LogP contribution is 2.40. The Balaban J connectivity index is 1.38. The van der Waals surface area contributed by atoms with E-state index >= 15 is 0 Å². The summed E-state index contributed by atoms with van der Waals surface area (Å²) < 4.78 is 2.00. The molecule has 3 heterocycles. The lowest BCUT2D eigenvalue weighted by Crippen LogP contribution is -2.31. The van der Waals surface area contributed by atoms with Gasteiger partial charge in [0.05, 0.1) is 22.8 Å². The van der Waals surface area contributed by atoms with Crippen LogP contribution in [0, 0.1) is 5.92 Å². The Morgan fingerprint density at radius 1 is 1.23 bits per heavy atom. The van der Waals surface area contributed by atoms with E-state index in [4.69, 9.17) is 0 Å². The van der Waals surface area contributed by atoms with Crippen molar-refractivity contribution in [3.63, 3.8) is 0 Å². The van der Waals surface area contributed by atoms with E-state index in [-0.39, 0.29) is 5.91 Å². The summed E-state index contributed by atoms with van der Waals surface area (Å²) in [7, 11) is 0. The first kappa shape index (κ1) is 16.5. The SMILES string of the molecule is O=C(c1scc2c1CCCC2)N1CCCn2nc([C@@H](O)C3CC3)cc2C1. The van der Waals surface area contributed by atoms with E-state index in [0.717, 1.165) is 61.5 Å². The van der Waals surface area contributed by atoms with E-state index in [2.05, 4.69) is 10.5 Å². The number of nitrogens with zero attached hydrogens (tertiary/aromatic N) is 3. The van der Waals surface area contributed by atoms with Gasteiger partial charge in [0, 0.05) is 13.1 Å². The van der Waals surface area contributed by atoms with Crippen LogP contribution in [-0.4, -0.2) is 32.2 Å². The van der Waals surface area contributed by atoms with Crippen LogP contribution in [0.15, 0.2) is 11.4 Å². The summed E-state index contributed by atoms with van der Waals surface area (Å²) in [5.74, 6) is 0.557. The van der Waals surface area contributed by atoms with Crippen molar-refractivity contribution in [1.82, 2.24) is 14.7 Å². The Labute approximate surface area is 157 Å². The number of carbonyl (C=O) groups excluding carboxylic acids is 1. The number of rotatable bonds is 3. The molecule has 1 aliphatic heterocycles. The molecule has 5 nitrogen and oxygen atoms in total. The summed E-state index contributed by atoms with van der Waals surface area (Å²) in [6.45, 7) is 2.18. The van der Waals surface area contributed by atoms with E-state index in [9.17, 15) is 9.90 Å². The fraction of sp³-hybridized carbons (Fsp3) is 0.600. The van der Waals surface area contributed by atoms with Crippen molar-refractivity contribution in [2.75, 3.05) is 6.54 Å². The maximum Gasteiger partial charge on any atom is 0.264 e. The number of aromatic nitrogens is 2. The minimum atomic E-state index is -0.442. The van der Waals surface area contributed by atoms with Gasteiger partial charge in [0.1, 0.15) is 6.10 Å². The predicted molar refractivity (Wildman–Crippen MR) is 100 cm³/mol. The van der Waals surface area contributed by atoms with Crippen LogP contribution < -0.4 is 0 Å². The van der Waals surface area contributed by atoms with Crippen molar-refractivity contribution in [2.45, 2.75) is 64.1 Å². The van der Waals surface area contributed by atoms with E-state index in [0.29, 0.717) is 12.5 Å². The average Bonchev–Trinajstić information content (AvgIpc) is 3.36. The number of hydrogen-bond acceptors (Lipinski definition) is 4. The van der Waals surface area contributed by atoms with E-state index in [1.54, 1.807) is 11.3 Å². The summed E-state index contributed by atoms with van der Waals surface area (Å²) >= 11 is 1.62. The van der Waals surface area contributed by atoms with E-state index < -0.39 is 6.10 Å². The van der Waals surface area contributed by atoms with Crippen LogP contribution in [0.2, 0.25) is 0 Å². The Morgan fingerprint density at radius 2 is 2.08 bits per heavy atom. The molecule has 26 heavy (non-hydrogen) atoms. The van der Waals surface area contributed by atoms with Crippen LogP contribution in [0.3, 0.4) is 0 Å². The molecule has 0 saturated heterocycles. The van der Waals surface area contributed by atoms with Gasteiger partial charge in [0.15, 0.2) is 0 Å². The van der Waals surface area contributed by atoms with Crippen LogP contribution in [0.1, 0.15) is 70.4 Å². The number of hydrogen-bond donors (Lipinski definition) is 1. The van der Waals surface area contributed by atoms with Crippen molar-refractivity contribution in [2.24, 2.45) is 5.92 Å². The molecular formula is C20H25N3O2S. The number of aryl methyl sites for hydroxylation is 2. The molecule has 0 spiro atoms. The first-order valence-corrected chi connectivity index (χ1v) is 10.7. The maximum absolute atomic E-state index is 13.2. The highest BCUT2D eigenvalue weighted by atomic mass is 32.1. The molecule has 3 aliphatic rings. The van der Waals surface area contributed by atoms with Crippen molar-refractivity contribution in [3.8, 4) is 0 Å². The van der Waals surface area contributed by atoms with Gasteiger partial charge in [0.2, 0.25) is 0 Å². The largest absolute Gasteiger partial charge is 0.386 e. The van der Waals surface area contributed by atoms with Gasteiger partial charge in [-0.3, -0.25) is 9.48 Å². The molecular weight excluding hydrogens is 346 g/mol. The fourth-order valence-corrected chi connectivity index (χ4v) is 5.42. The van der Waals surface area contributed by atoms with Crippen LogP contribution in [0.5, 0.6) is 0 Å². The summed E-state index contributed by atoms with van der Waals surface area (Å²) in [5, 5.41) is 17.2. The Hall–Kier alpha value is -1.66. The number of aliphatic hydroxyl groups is 1. The van der Waals surface area contributed by atoms with Crippen molar-refractivity contribution in [1.29, 1.82) is 0 Å². The average molecular weight is 372 g/mol. The number of aliphatic hydroxyl groups excluding tert-OH is 1. The highest BCUT2D eigenvalue weighted by Gasteiger charge is 2.33. The lowest BCUT2D eigenvalue weighted by Gasteiger charge is -2.21. The molecule has 0 radical (unpaired) electrons. The molecule has 1 saturated carbocycles. The van der Waals surface area contributed by atoms with Gasteiger partial charge in [-0.1, -0.05) is 0 Å². The molecule has 0 unspecified atom stereocenters. The molecule has 6 heteroatoms. The Bertz CT molecular complexity index is 836. The van der Waals surface area contributed by atoms with Gasteiger partial charge < -0.3 is 10.0 Å². The van der Waals surface area contributed by atoms with Crippen molar-refractivity contribution in [3.05, 3.63) is 38.8 Å². The molecule has 1 amide bonds. The monoisotopic (exact) mass is 371 g/mol. The van der Waals surface area contributed by atoms with Crippen molar-refractivity contribution >= 4 is 17.2 Å². The zero-order chi connectivity index (χ0) is 17.7.